The van der Waals surface area contributed by atoms with Gasteiger partial charge in [-0.2, -0.15) is 0 Å². The van der Waals surface area contributed by atoms with Crippen LogP contribution in [0.25, 0.3) is 22.4 Å². The summed E-state index contributed by atoms with van der Waals surface area (Å²) >= 11 is 0. The van der Waals surface area contributed by atoms with Crippen LogP contribution >= 0.6 is 0 Å². The molecule has 1 N–H and O–H groups in total. The van der Waals surface area contributed by atoms with Crippen molar-refractivity contribution >= 4 is 22.9 Å². The zero-order valence-corrected chi connectivity index (χ0v) is 19.5. The number of Topliss-reactive ketones (excluding diaryl/α,β-unsaturated/α-hetero) is 1. The molecule has 0 unspecified atom stereocenters. The number of piperidine rings is 1. The molecule has 0 spiro atoms. The number of nitrogens with zero attached hydrogens (tertiary/aromatic N) is 3. The molecule has 1 amide bonds. The molecule has 0 bridgehead atoms. The summed E-state index contributed by atoms with van der Waals surface area (Å²) in [5.41, 5.74) is 2.29. The maximum absolute atomic E-state index is 13.6. The van der Waals surface area contributed by atoms with Crippen LogP contribution < -0.4 is 14.2 Å². The lowest BCUT2D eigenvalue weighted by atomic mass is 9.74. The highest BCUT2D eigenvalue weighted by Gasteiger charge is 2.39. The Morgan fingerprint density at radius 1 is 1.06 bits per heavy atom. The van der Waals surface area contributed by atoms with Crippen molar-refractivity contribution in [1.82, 2.24) is 19.9 Å². The fourth-order valence-electron chi connectivity index (χ4n) is 4.30. The minimum absolute atomic E-state index is 0.00768. The number of ether oxygens (including phenoxy) is 3. The van der Waals surface area contributed by atoms with E-state index in [0.717, 1.165) is 5.56 Å². The minimum atomic E-state index is -0.564. The molecule has 0 saturated carbocycles. The zero-order chi connectivity index (χ0) is 23.8. The smallest absolute Gasteiger partial charge is 0.219 e. The molecular weight excluding hydrogens is 424 g/mol. The molecule has 3 aromatic rings. The van der Waals surface area contributed by atoms with Gasteiger partial charge in [-0.3, -0.25) is 9.59 Å². The number of carbonyl (C=O) groups excluding carboxylic acids is 2. The predicted molar refractivity (Wildman–Crippen MR) is 123 cm³/mol. The number of fused-ring (bicyclic) bond motifs is 1. The first kappa shape index (κ1) is 22.6. The van der Waals surface area contributed by atoms with Crippen molar-refractivity contribution in [3.63, 3.8) is 0 Å². The summed E-state index contributed by atoms with van der Waals surface area (Å²) in [5.74, 6) is 1.54. The van der Waals surface area contributed by atoms with Crippen LogP contribution in [0.1, 0.15) is 37.0 Å². The van der Waals surface area contributed by atoms with Gasteiger partial charge in [0.15, 0.2) is 22.9 Å². The number of likely N-dealkylation sites (tertiary alicyclic amines) is 1. The highest BCUT2D eigenvalue weighted by atomic mass is 16.5. The Bertz CT molecular complexity index is 1190. The number of rotatable bonds is 6. The second kappa shape index (κ2) is 8.73. The van der Waals surface area contributed by atoms with E-state index in [1.54, 1.807) is 57.7 Å². The number of hydrogen-bond acceptors (Lipinski definition) is 7. The lowest BCUT2D eigenvalue weighted by molar-refractivity contribution is -0.130. The summed E-state index contributed by atoms with van der Waals surface area (Å²) in [4.78, 5) is 39.3. The summed E-state index contributed by atoms with van der Waals surface area (Å²) < 4.78 is 16.3. The second-order valence-electron chi connectivity index (χ2n) is 8.46. The van der Waals surface area contributed by atoms with Crippen molar-refractivity contribution in [3.8, 4) is 28.5 Å². The summed E-state index contributed by atoms with van der Waals surface area (Å²) in [6.07, 6.45) is 4.53. The third-order valence-electron chi connectivity index (χ3n) is 6.45. The number of ketones is 1. The Labute approximate surface area is 192 Å². The van der Waals surface area contributed by atoms with Gasteiger partial charge in [-0.15, -0.1) is 0 Å². The van der Waals surface area contributed by atoms with Gasteiger partial charge < -0.3 is 24.1 Å². The van der Waals surface area contributed by atoms with E-state index < -0.39 is 5.41 Å². The van der Waals surface area contributed by atoms with E-state index in [9.17, 15) is 9.59 Å². The van der Waals surface area contributed by atoms with Gasteiger partial charge in [-0.25, -0.2) is 9.97 Å². The lowest BCUT2D eigenvalue weighted by Gasteiger charge is -2.37. The van der Waals surface area contributed by atoms with Crippen LogP contribution in [0.2, 0.25) is 0 Å². The molecule has 9 heteroatoms. The molecule has 1 aliphatic rings. The number of aromatic amines is 1. The largest absolute Gasteiger partial charge is 0.493 e. The van der Waals surface area contributed by atoms with Crippen LogP contribution in [0.3, 0.4) is 0 Å². The molecule has 174 valence electrons. The van der Waals surface area contributed by atoms with Crippen LogP contribution in [0.15, 0.2) is 24.5 Å². The number of benzene rings is 1. The van der Waals surface area contributed by atoms with Crippen molar-refractivity contribution < 1.29 is 23.8 Å². The fraction of sp³-hybridized carbons (Fsp3) is 0.417. The van der Waals surface area contributed by atoms with Crippen LogP contribution in [0.4, 0.5) is 0 Å². The van der Waals surface area contributed by atoms with Crippen molar-refractivity contribution in [2.45, 2.75) is 26.7 Å². The van der Waals surface area contributed by atoms with E-state index in [-0.39, 0.29) is 11.7 Å². The molecule has 33 heavy (non-hydrogen) atoms. The van der Waals surface area contributed by atoms with Gasteiger partial charge in [0.25, 0.3) is 0 Å². The molecule has 0 atom stereocenters. The summed E-state index contributed by atoms with van der Waals surface area (Å²) in [6, 6.07) is 3.59. The first-order chi connectivity index (χ1) is 15.8. The molecular formula is C24H28N4O5. The Morgan fingerprint density at radius 2 is 1.70 bits per heavy atom. The highest BCUT2D eigenvalue weighted by molar-refractivity contribution is 6.09. The van der Waals surface area contributed by atoms with E-state index in [4.69, 9.17) is 19.2 Å². The normalized spacial score (nSPS) is 15.4. The third kappa shape index (κ3) is 3.99. The van der Waals surface area contributed by atoms with Crippen LogP contribution in [0, 0.1) is 5.41 Å². The van der Waals surface area contributed by atoms with Gasteiger partial charge in [-0.05, 0) is 25.0 Å². The minimum Gasteiger partial charge on any atom is -0.493 e. The van der Waals surface area contributed by atoms with Crippen molar-refractivity contribution in [3.05, 3.63) is 30.1 Å². The number of nitrogens with one attached hydrogen (secondary N) is 1. The van der Waals surface area contributed by atoms with Crippen molar-refractivity contribution in [2.24, 2.45) is 5.41 Å². The zero-order valence-electron chi connectivity index (χ0n) is 19.5. The van der Waals surface area contributed by atoms with Gasteiger partial charge in [0, 0.05) is 37.2 Å². The topological polar surface area (TPSA) is 107 Å². The number of amides is 1. The highest BCUT2D eigenvalue weighted by Crippen LogP contribution is 2.41. The summed E-state index contributed by atoms with van der Waals surface area (Å²) in [6.45, 7) is 4.66. The maximum atomic E-state index is 13.6. The molecule has 1 fully saturated rings. The van der Waals surface area contributed by atoms with Crippen LogP contribution in [-0.4, -0.2) is 66.0 Å². The summed E-state index contributed by atoms with van der Waals surface area (Å²) in [7, 11) is 4.65. The molecule has 1 aromatic carbocycles. The summed E-state index contributed by atoms with van der Waals surface area (Å²) in [5, 5.41) is 0. The molecule has 2 aromatic heterocycles. The average molecular weight is 453 g/mol. The molecule has 1 aliphatic heterocycles. The van der Waals surface area contributed by atoms with Gasteiger partial charge >= 0.3 is 0 Å². The monoisotopic (exact) mass is 452 g/mol. The molecule has 1 saturated heterocycles. The number of hydrogen-bond donors (Lipinski definition) is 1. The first-order valence-corrected chi connectivity index (χ1v) is 10.8. The molecule has 3 heterocycles. The third-order valence-corrected chi connectivity index (χ3v) is 6.45. The van der Waals surface area contributed by atoms with Crippen molar-refractivity contribution in [2.75, 3.05) is 34.4 Å². The van der Waals surface area contributed by atoms with Gasteiger partial charge in [-0.1, -0.05) is 6.92 Å². The van der Waals surface area contributed by atoms with Gasteiger partial charge in [0.05, 0.1) is 38.8 Å². The Hall–Kier alpha value is -3.62. The van der Waals surface area contributed by atoms with Crippen LogP contribution in [0.5, 0.6) is 17.2 Å². The van der Waals surface area contributed by atoms with Crippen molar-refractivity contribution in [1.29, 1.82) is 0 Å². The fourth-order valence-corrected chi connectivity index (χ4v) is 4.30. The lowest BCUT2D eigenvalue weighted by Crippen LogP contribution is -2.44. The molecule has 0 aliphatic carbocycles. The molecule has 4 rings (SSSR count). The standard InChI is InChI=1S/C24H28N4O5/c1-14(29)28-8-6-24(2,7-9-28)22(30)16-12-25-23-20(16)27-17(13-26-23)15-10-18(31-3)21(33-5)19(11-15)32-4/h10-13H,6-9H2,1-5H3,(H,25,26). The van der Waals surface area contributed by atoms with Gasteiger partial charge in [0.2, 0.25) is 11.7 Å². The predicted octanol–water partition coefficient (Wildman–Crippen LogP) is 3.48. The Balaban J connectivity index is 1.72. The van der Waals surface area contributed by atoms with E-state index >= 15 is 0 Å². The SMILES string of the molecule is COc1cc(-c2cnc3[nH]cc(C(=O)C4(C)CCN(C(C)=O)CC4)c3n2)cc(OC)c1OC. The maximum Gasteiger partial charge on any atom is 0.219 e. The Kier molecular flexibility index (Phi) is 5.97. The first-order valence-electron chi connectivity index (χ1n) is 10.8. The van der Waals surface area contributed by atoms with E-state index in [1.807, 2.05) is 6.92 Å². The number of methoxy groups -OCH3 is 3. The van der Waals surface area contributed by atoms with E-state index in [2.05, 4.69) is 9.97 Å². The Morgan fingerprint density at radius 3 is 2.24 bits per heavy atom. The number of aromatic nitrogens is 3. The second-order valence-corrected chi connectivity index (χ2v) is 8.46. The van der Waals surface area contributed by atoms with E-state index in [1.165, 1.54) is 0 Å². The average Bonchev–Trinajstić information content (AvgIpc) is 3.25. The number of carbonyl (C=O) groups is 2. The van der Waals surface area contributed by atoms with E-state index in [0.29, 0.717) is 65.6 Å². The number of H-pyrrole nitrogens is 1. The van der Waals surface area contributed by atoms with Gasteiger partial charge in [0.1, 0.15) is 5.52 Å². The van der Waals surface area contributed by atoms with Crippen LogP contribution in [-0.2, 0) is 4.79 Å². The quantitative estimate of drug-likeness (QED) is 0.571. The molecule has 0 radical (unpaired) electrons. The molecule has 9 nitrogen and oxygen atoms in total.